The molecule has 0 aliphatic heterocycles. The Hall–Kier alpha value is -0.270. The lowest BCUT2D eigenvalue weighted by molar-refractivity contribution is 1.08. The van der Waals surface area contributed by atoms with Gasteiger partial charge in [0.05, 0.1) is 5.69 Å². The minimum Gasteiger partial charge on any atom is -0.258 e. The third kappa shape index (κ3) is 2.08. The van der Waals surface area contributed by atoms with Gasteiger partial charge in [-0.15, -0.1) is 0 Å². The smallest absolute Gasteiger partial charge is 0.149 e. The zero-order chi connectivity index (χ0) is 8.43. The van der Waals surface area contributed by atoms with E-state index in [2.05, 4.69) is 4.98 Å². The van der Waals surface area contributed by atoms with Gasteiger partial charge in [-0.1, -0.05) is 29.3 Å². The normalized spacial score (nSPS) is 10.6. The van der Waals surface area contributed by atoms with Gasteiger partial charge in [0.25, 0.3) is 0 Å². The number of hydrogen-bond acceptors (Lipinski definition) is 1. The van der Waals surface area contributed by atoms with Crippen molar-refractivity contribution in [1.29, 1.82) is 0 Å². The van der Waals surface area contributed by atoms with Crippen LogP contribution in [0.25, 0.3) is 0 Å². The molecular formula is C8H9Cl2N. The maximum Gasteiger partial charge on any atom is 0.149 e. The van der Waals surface area contributed by atoms with Crippen LogP contribution < -0.4 is 0 Å². The maximum absolute atomic E-state index is 5.66. The predicted octanol–water partition coefficient (Wildman–Crippen LogP) is 3.17. The molecule has 0 fully saturated rings. The second kappa shape index (κ2) is 3.42. The summed E-state index contributed by atoms with van der Waals surface area (Å²) in [7, 11) is 0. The Morgan fingerprint density at radius 2 is 2.00 bits per heavy atom. The first-order chi connectivity index (χ1) is 5.11. The van der Waals surface area contributed by atoms with Crippen LogP contribution in [0.1, 0.15) is 21.7 Å². The zero-order valence-electron chi connectivity index (χ0n) is 6.44. The molecule has 0 radical (unpaired) electrons. The lowest BCUT2D eigenvalue weighted by Crippen LogP contribution is -1.92. The van der Waals surface area contributed by atoms with E-state index in [1.54, 1.807) is 6.20 Å². The molecule has 0 atom stereocenters. The minimum absolute atomic E-state index is 0.518. The van der Waals surface area contributed by atoms with Gasteiger partial charge in [0, 0.05) is 6.20 Å². The lowest BCUT2D eigenvalue weighted by atomic mass is 10.2. The van der Waals surface area contributed by atoms with E-state index in [4.69, 9.17) is 23.2 Å². The fourth-order valence-electron chi connectivity index (χ4n) is 0.954. The van der Waals surface area contributed by atoms with Crippen LogP contribution in [0.2, 0.25) is 0 Å². The van der Waals surface area contributed by atoms with Gasteiger partial charge in [0.15, 0.2) is 0 Å². The first kappa shape index (κ1) is 8.82. The third-order valence-corrected chi connectivity index (χ3v) is 1.88. The number of pyridine rings is 1. The molecule has 1 aromatic heterocycles. The molecule has 0 bridgehead atoms. The Kier molecular flexibility index (Phi) is 2.74. The molecule has 1 rings (SSSR count). The summed E-state index contributed by atoms with van der Waals surface area (Å²) < 4.78 is 0. The fraction of sp³-hybridized carbons (Fsp3) is 0.375. The van der Waals surface area contributed by atoms with Crippen molar-refractivity contribution in [3.05, 3.63) is 29.1 Å². The minimum atomic E-state index is -0.518. The molecule has 0 saturated carbocycles. The molecule has 0 saturated heterocycles. The number of rotatable bonds is 1. The molecule has 1 heterocycles. The molecule has 0 amide bonds. The van der Waals surface area contributed by atoms with Crippen molar-refractivity contribution in [2.45, 2.75) is 18.7 Å². The van der Waals surface area contributed by atoms with E-state index in [1.165, 1.54) is 0 Å². The summed E-state index contributed by atoms with van der Waals surface area (Å²) >= 11 is 11.3. The summed E-state index contributed by atoms with van der Waals surface area (Å²) in [6.07, 6.45) is 1.76. The van der Waals surface area contributed by atoms with Crippen molar-refractivity contribution in [3.63, 3.8) is 0 Å². The summed E-state index contributed by atoms with van der Waals surface area (Å²) in [5, 5.41) is 0. The van der Waals surface area contributed by atoms with Gasteiger partial charge in [0.2, 0.25) is 0 Å². The average molecular weight is 190 g/mol. The number of halogens is 2. The lowest BCUT2D eigenvalue weighted by Gasteiger charge is -2.04. The highest BCUT2D eigenvalue weighted by molar-refractivity contribution is 6.43. The van der Waals surface area contributed by atoms with Crippen LogP contribution in [-0.4, -0.2) is 4.98 Å². The Balaban J connectivity index is 3.09. The highest BCUT2D eigenvalue weighted by atomic mass is 35.5. The molecule has 0 aliphatic carbocycles. The van der Waals surface area contributed by atoms with Crippen LogP contribution in [-0.2, 0) is 0 Å². The first-order valence-electron chi connectivity index (χ1n) is 3.32. The summed E-state index contributed by atoms with van der Waals surface area (Å²) in [5.74, 6) is 0. The van der Waals surface area contributed by atoms with Crippen LogP contribution in [0, 0.1) is 13.8 Å². The van der Waals surface area contributed by atoms with E-state index in [1.807, 2.05) is 19.9 Å². The summed E-state index contributed by atoms with van der Waals surface area (Å²) in [4.78, 5) is 3.60. The van der Waals surface area contributed by atoms with Crippen molar-refractivity contribution >= 4 is 23.2 Å². The fourth-order valence-corrected chi connectivity index (χ4v) is 1.41. The highest BCUT2D eigenvalue weighted by Gasteiger charge is 2.07. The maximum atomic E-state index is 5.66. The second-order valence-electron chi connectivity index (χ2n) is 2.52. The van der Waals surface area contributed by atoms with Gasteiger partial charge in [-0.05, 0) is 25.0 Å². The topological polar surface area (TPSA) is 12.9 Å². The van der Waals surface area contributed by atoms with E-state index >= 15 is 0 Å². The predicted molar refractivity (Wildman–Crippen MR) is 48.2 cm³/mol. The third-order valence-electron chi connectivity index (χ3n) is 1.46. The van der Waals surface area contributed by atoms with Crippen LogP contribution in [0.5, 0.6) is 0 Å². The second-order valence-corrected chi connectivity index (χ2v) is 3.61. The molecular weight excluding hydrogens is 181 g/mol. The van der Waals surface area contributed by atoms with Crippen molar-refractivity contribution in [1.82, 2.24) is 4.98 Å². The largest absolute Gasteiger partial charge is 0.258 e. The molecule has 0 unspecified atom stereocenters. The number of alkyl halides is 2. The zero-order valence-corrected chi connectivity index (χ0v) is 7.95. The van der Waals surface area contributed by atoms with Crippen molar-refractivity contribution in [2.24, 2.45) is 0 Å². The molecule has 11 heavy (non-hydrogen) atoms. The van der Waals surface area contributed by atoms with E-state index in [0.717, 1.165) is 16.8 Å². The monoisotopic (exact) mass is 189 g/mol. The van der Waals surface area contributed by atoms with Crippen LogP contribution >= 0.6 is 23.2 Å². The molecule has 0 N–H and O–H groups in total. The van der Waals surface area contributed by atoms with Gasteiger partial charge in [-0.25, -0.2) is 0 Å². The molecule has 3 heteroatoms. The van der Waals surface area contributed by atoms with E-state index in [0.29, 0.717) is 0 Å². The van der Waals surface area contributed by atoms with Crippen molar-refractivity contribution in [3.8, 4) is 0 Å². The number of hydrogen-bond donors (Lipinski definition) is 0. The van der Waals surface area contributed by atoms with E-state index in [-0.39, 0.29) is 0 Å². The van der Waals surface area contributed by atoms with Crippen molar-refractivity contribution in [2.75, 3.05) is 0 Å². The van der Waals surface area contributed by atoms with E-state index < -0.39 is 4.84 Å². The first-order valence-corrected chi connectivity index (χ1v) is 4.20. The number of nitrogens with zero attached hydrogens (tertiary/aromatic N) is 1. The molecule has 0 aliphatic rings. The Labute approximate surface area is 76.4 Å². The summed E-state index contributed by atoms with van der Waals surface area (Å²) in [5.41, 5.74) is 2.92. The Morgan fingerprint density at radius 1 is 1.36 bits per heavy atom. The summed E-state index contributed by atoms with van der Waals surface area (Å²) in [6.45, 7) is 3.94. The van der Waals surface area contributed by atoms with Crippen LogP contribution in [0.3, 0.4) is 0 Å². The van der Waals surface area contributed by atoms with Gasteiger partial charge >= 0.3 is 0 Å². The van der Waals surface area contributed by atoms with Gasteiger partial charge in [-0.3, -0.25) is 4.98 Å². The molecule has 1 nitrogen and oxygen atoms in total. The highest BCUT2D eigenvalue weighted by Crippen LogP contribution is 2.25. The van der Waals surface area contributed by atoms with Crippen LogP contribution in [0.15, 0.2) is 12.3 Å². The number of aryl methyl sites for hydroxylation is 2. The Morgan fingerprint density at radius 3 is 2.45 bits per heavy atom. The summed E-state index contributed by atoms with van der Waals surface area (Å²) in [6, 6.07) is 2.01. The van der Waals surface area contributed by atoms with Gasteiger partial charge < -0.3 is 0 Å². The standard InChI is InChI=1S/C8H9Cl2N/c1-5-3-6(2)7(8(9)10)11-4-5/h3-4,8H,1-2H3. The SMILES string of the molecule is Cc1cnc(C(Cl)Cl)c(C)c1. The molecule has 0 spiro atoms. The quantitative estimate of drug-likeness (QED) is 0.619. The molecule has 1 aromatic rings. The van der Waals surface area contributed by atoms with Crippen molar-refractivity contribution < 1.29 is 0 Å². The average Bonchev–Trinajstić information content (AvgIpc) is 1.85. The van der Waals surface area contributed by atoms with Gasteiger partial charge in [-0.2, -0.15) is 0 Å². The van der Waals surface area contributed by atoms with E-state index in [9.17, 15) is 0 Å². The van der Waals surface area contributed by atoms with Gasteiger partial charge in [0.1, 0.15) is 4.84 Å². The molecule has 0 aromatic carbocycles. The number of aromatic nitrogens is 1. The molecule has 60 valence electrons. The Bertz CT molecular complexity index is 258. The van der Waals surface area contributed by atoms with Crippen LogP contribution in [0.4, 0.5) is 0 Å².